The van der Waals surface area contributed by atoms with Gasteiger partial charge >= 0.3 is 108 Å². The second-order valence-electron chi connectivity index (χ2n) is 4.42. The van der Waals surface area contributed by atoms with Crippen molar-refractivity contribution < 1.29 is 4.74 Å². The molecule has 1 aliphatic rings. The number of ether oxygens (including phenoxy) is 1. The van der Waals surface area contributed by atoms with Gasteiger partial charge in [0.25, 0.3) is 0 Å². The fraction of sp³-hybridized carbons (Fsp3) is 0.333. The summed E-state index contributed by atoms with van der Waals surface area (Å²) < 4.78 is 7.22. The Morgan fingerprint density at radius 3 is 2.88 bits per heavy atom. The molecule has 1 unspecified atom stereocenters. The van der Waals surface area contributed by atoms with Crippen molar-refractivity contribution in [3.63, 3.8) is 0 Å². The fourth-order valence-electron chi connectivity index (χ4n) is 2.28. The molecule has 2 aromatic carbocycles. The Hall–Kier alpha value is -0.821. The molecule has 88 valence electrons. The van der Waals surface area contributed by atoms with Gasteiger partial charge in [-0.25, -0.2) is 0 Å². The molecule has 2 heteroatoms. The monoisotopic (exact) mass is 292 g/mol. The maximum absolute atomic E-state index is 5.70. The summed E-state index contributed by atoms with van der Waals surface area (Å²) in [4.78, 5) is 0. The molecule has 1 aliphatic heterocycles. The minimum atomic E-state index is 0.522. The average Bonchev–Trinajstić information content (AvgIpc) is 2.89. The number of rotatable bonds is 3. The van der Waals surface area contributed by atoms with E-state index in [-0.39, 0.29) is 0 Å². The first-order chi connectivity index (χ1) is 8.43. The van der Waals surface area contributed by atoms with Crippen LogP contribution in [0.3, 0.4) is 0 Å². The molecule has 17 heavy (non-hydrogen) atoms. The van der Waals surface area contributed by atoms with Crippen molar-refractivity contribution in [2.75, 3.05) is 6.61 Å². The van der Waals surface area contributed by atoms with Gasteiger partial charge in [0, 0.05) is 0 Å². The second-order valence-corrected chi connectivity index (χ2v) is 6.65. The Morgan fingerprint density at radius 1 is 1.12 bits per heavy atom. The van der Waals surface area contributed by atoms with Gasteiger partial charge in [-0.05, 0) is 0 Å². The van der Waals surface area contributed by atoms with Gasteiger partial charge in [-0.1, -0.05) is 0 Å². The van der Waals surface area contributed by atoms with Crippen molar-refractivity contribution in [3.8, 4) is 0 Å². The van der Waals surface area contributed by atoms with Gasteiger partial charge < -0.3 is 0 Å². The van der Waals surface area contributed by atoms with Crippen LogP contribution in [-0.4, -0.2) is 27.7 Å². The Morgan fingerprint density at radius 2 is 2.00 bits per heavy atom. The summed E-state index contributed by atoms with van der Waals surface area (Å²) in [7, 11) is 0. The van der Waals surface area contributed by atoms with E-state index in [9.17, 15) is 0 Å². The zero-order valence-electron chi connectivity index (χ0n) is 9.76. The number of fused-ring (bicyclic) bond motifs is 1. The number of benzene rings is 2. The SMILES string of the molecule is c1ccc2c([Se]CC3CCCO3)cccc2c1. The average molecular weight is 291 g/mol. The van der Waals surface area contributed by atoms with E-state index >= 15 is 0 Å². The van der Waals surface area contributed by atoms with Gasteiger partial charge in [0.2, 0.25) is 0 Å². The maximum atomic E-state index is 5.70. The molecule has 0 saturated carbocycles. The quantitative estimate of drug-likeness (QED) is 0.790. The van der Waals surface area contributed by atoms with Gasteiger partial charge in [0.1, 0.15) is 0 Å². The standard InChI is InChI=1S/C15H16OSe/c1-2-8-14-12(5-1)6-3-9-15(14)17-11-13-7-4-10-16-13/h1-3,5-6,8-9,13H,4,7,10-11H2. The van der Waals surface area contributed by atoms with Crippen LogP contribution in [-0.2, 0) is 4.74 Å². The molecule has 0 bridgehead atoms. The first-order valence-corrected chi connectivity index (χ1v) is 8.22. The molecular formula is C15H16OSe. The molecule has 1 saturated heterocycles. The summed E-state index contributed by atoms with van der Waals surface area (Å²) >= 11 is 0.538. The van der Waals surface area contributed by atoms with Crippen molar-refractivity contribution in [1.29, 1.82) is 0 Å². The molecule has 0 N–H and O–H groups in total. The van der Waals surface area contributed by atoms with Crippen LogP contribution >= 0.6 is 0 Å². The molecule has 1 atom stereocenters. The van der Waals surface area contributed by atoms with Gasteiger partial charge in [0.05, 0.1) is 0 Å². The van der Waals surface area contributed by atoms with E-state index in [0.717, 1.165) is 6.61 Å². The molecular weight excluding hydrogens is 275 g/mol. The molecule has 0 spiro atoms. The van der Waals surface area contributed by atoms with E-state index in [4.69, 9.17) is 4.74 Å². The van der Waals surface area contributed by atoms with Crippen molar-refractivity contribution >= 4 is 30.2 Å². The molecule has 0 aliphatic carbocycles. The second kappa shape index (κ2) is 5.22. The zero-order chi connectivity index (χ0) is 11.5. The Kier molecular flexibility index (Phi) is 3.46. The summed E-state index contributed by atoms with van der Waals surface area (Å²) in [5.74, 6) is 0. The van der Waals surface area contributed by atoms with E-state index < -0.39 is 0 Å². The van der Waals surface area contributed by atoms with Crippen LogP contribution < -0.4 is 4.46 Å². The van der Waals surface area contributed by atoms with Crippen LogP contribution in [0.2, 0.25) is 5.32 Å². The van der Waals surface area contributed by atoms with Crippen LogP contribution in [0.25, 0.3) is 10.8 Å². The Balaban J connectivity index is 1.79. The molecule has 1 fully saturated rings. The first kappa shape index (κ1) is 11.3. The van der Waals surface area contributed by atoms with Crippen molar-refractivity contribution in [1.82, 2.24) is 0 Å². The summed E-state index contributed by atoms with van der Waals surface area (Å²) in [6.07, 6.45) is 3.02. The van der Waals surface area contributed by atoms with Gasteiger partial charge in [-0.2, -0.15) is 0 Å². The van der Waals surface area contributed by atoms with Gasteiger partial charge in [-0.15, -0.1) is 0 Å². The zero-order valence-corrected chi connectivity index (χ0v) is 11.5. The predicted octanol–water partition coefficient (Wildman–Crippen LogP) is 2.77. The van der Waals surface area contributed by atoms with E-state index in [0.29, 0.717) is 21.1 Å². The summed E-state index contributed by atoms with van der Waals surface area (Å²) in [5.41, 5.74) is 0. The molecule has 1 nitrogen and oxygen atoms in total. The third-order valence-corrected chi connectivity index (χ3v) is 5.73. The van der Waals surface area contributed by atoms with Gasteiger partial charge in [-0.3, -0.25) is 0 Å². The van der Waals surface area contributed by atoms with E-state index in [1.54, 1.807) is 0 Å². The first-order valence-electron chi connectivity index (χ1n) is 6.16. The summed E-state index contributed by atoms with van der Waals surface area (Å²) in [6.45, 7) is 0.969. The van der Waals surface area contributed by atoms with E-state index in [2.05, 4.69) is 42.5 Å². The minimum absolute atomic E-state index is 0.522. The van der Waals surface area contributed by atoms with Crippen LogP contribution in [0.1, 0.15) is 12.8 Å². The molecule has 0 radical (unpaired) electrons. The van der Waals surface area contributed by atoms with E-state index in [1.165, 1.54) is 33.4 Å². The van der Waals surface area contributed by atoms with Crippen LogP contribution in [0, 0.1) is 0 Å². The topological polar surface area (TPSA) is 9.23 Å². The Labute approximate surface area is 108 Å². The fourth-order valence-corrected chi connectivity index (χ4v) is 4.68. The van der Waals surface area contributed by atoms with Crippen molar-refractivity contribution in [2.24, 2.45) is 0 Å². The molecule has 0 amide bonds. The summed E-state index contributed by atoms with van der Waals surface area (Å²) in [6, 6.07) is 15.3. The third-order valence-electron chi connectivity index (χ3n) is 3.20. The van der Waals surface area contributed by atoms with Gasteiger partial charge in [0.15, 0.2) is 0 Å². The number of hydrogen-bond donors (Lipinski definition) is 0. The normalized spacial score (nSPS) is 19.9. The molecule has 3 rings (SSSR count). The third kappa shape index (κ3) is 2.55. The van der Waals surface area contributed by atoms with Crippen LogP contribution in [0.5, 0.6) is 0 Å². The molecule has 1 heterocycles. The van der Waals surface area contributed by atoms with E-state index in [1.807, 2.05) is 0 Å². The molecule has 2 aromatic rings. The number of hydrogen-bond acceptors (Lipinski definition) is 1. The van der Waals surface area contributed by atoms with Crippen LogP contribution in [0.4, 0.5) is 0 Å². The van der Waals surface area contributed by atoms with Crippen molar-refractivity contribution in [2.45, 2.75) is 24.3 Å². The van der Waals surface area contributed by atoms with Crippen LogP contribution in [0.15, 0.2) is 42.5 Å². The predicted molar refractivity (Wildman–Crippen MR) is 73.1 cm³/mol. The van der Waals surface area contributed by atoms with Crippen molar-refractivity contribution in [3.05, 3.63) is 42.5 Å². The summed E-state index contributed by atoms with van der Waals surface area (Å²) in [5, 5.41) is 4.01. The Bertz CT molecular complexity index is 498. The molecule has 0 aromatic heterocycles.